The molecule has 3 rings (SSSR count). The zero-order valence-corrected chi connectivity index (χ0v) is 13.7. The molecule has 136 valence electrons. The molecule has 26 heavy (non-hydrogen) atoms. The van der Waals surface area contributed by atoms with Gasteiger partial charge in [0.15, 0.2) is 5.82 Å². The van der Waals surface area contributed by atoms with Crippen molar-refractivity contribution in [2.45, 2.75) is 26.4 Å². The molecule has 0 spiro atoms. The predicted octanol–water partition coefficient (Wildman–Crippen LogP) is 3.32. The summed E-state index contributed by atoms with van der Waals surface area (Å²) in [7, 11) is 0. The third-order valence-electron chi connectivity index (χ3n) is 3.68. The van der Waals surface area contributed by atoms with Crippen LogP contribution < -0.4 is 15.6 Å². The summed E-state index contributed by atoms with van der Waals surface area (Å²) in [5.74, 6) is -0.132. The van der Waals surface area contributed by atoms with Crippen LogP contribution in [0, 0.1) is 0 Å². The Labute approximate surface area is 146 Å². The molecule has 0 bridgehead atoms. The summed E-state index contributed by atoms with van der Waals surface area (Å²) in [5, 5.41) is 2.94. The highest BCUT2D eigenvalue weighted by Crippen LogP contribution is 2.23. The number of hydrogen-bond acceptors (Lipinski definition) is 5. The molecule has 2 aromatic heterocycles. The van der Waals surface area contributed by atoms with Crippen LogP contribution in [0.15, 0.2) is 47.5 Å². The van der Waals surface area contributed by atoms with Gasteiger partial charge in [0.1, 0.15) is 5.75 Å². The monoisotopic (exact) mass is 364 g/mol. The van der Waals surface area contributed by atoms with Gasteiger partial charge >= 0.3 is 6.36 Å². The van der Waals surface area contributed by atoms with Crippen LogP contribution >= 0.6 is 0 Å². The zero-order valence-electron chi connectivity index (χ0n) is 13.7. The molecule has 0 amide bonds. The van der Waals surface area contributed by atoms with E-state index in [0.29, 0.717) is 23.1 Å². The van der Waals surface area contributed by atoms with Crippen LogP contribution in [0.2, 0.25) is 0 Å². The summed E-state index contributed by atoms with van der Waals surface area (Å²) < 4.78 is 41.9. The highest BCUT2D eigenvalue weighted by molar-refractivity contribution is 5.75. The van der Waals surface area contributed by atoms with E-state index < -0.39 is 6.36 Å². The van der Waals surface area contributed by atoms with Crippen LogP contribution in [0.1, 0.15) is 12.5 Å². The van der Waals surface area contributed by atoms with Crippen molar-refractivity contribution in [1.29, 1.82) is 0 Å². The summed E-state index contributed by atoms with van der Waals surface area (Å²) in [5.41, 5.74) is 1.65. The molecule has 0 aliphatic carbocycles. The molecule has 0 fully saturated rings. The molecular formula is C17H15F3N4O2. The Morgan fingerprint density at radius 3 is 2.58 bits per heavy atom. The topological polar surface area (TPSA) is 69.0 Å². The molecule has 0 saturated heterocycles. The van der Waals surface area contributed by atoms with E-state index >= 15 is 0 Å². The second-order valence-electron chi connectivity index (χ2n) is 5.42. The molecule has 3 aromatic rings. The summed E-state index contributed by atoms with van der Waals surface area (Å²) in [4.78, 5) is 20.8. The number of aromatic nitrogens is 3. The smallest absolute Gasteiger partial charge is 0.406 e. The van der Waals surface area contributed by atoms with Gasteiger partial charge in [0, 0.05) is 19.3 Å². The molecule has 9 heteroatoms. The highest BCUT2D eigenvalue weighted by atomic mass is 19.4. The minimum atomic E-state index is -4.73. The fourth-order valence-corrected chi connectivity index (χ4v) is 2.51. The van der Waals surface area contributed by atoms with Gasteiger partial charge in [0.2, 0.25) is 0 Å². The number of hydrogen-bond donors (Lipinski definition) is 1. The maximum atomic E-state index is 12.5. The number of alkyl halides is 3. The predicted molar refractivity (Wildman–Crippen MR) is 89.9 cm³/mol. The number of fused-ring (bicyclic) bond motifs is 1. The highest BCUT2D eigenvalue weighted by Gasteiger charge is 2.30. The molecule has 0 saturated carbocycles. The van der Waals surface area contributed by atoms with E-state index in [4.69, 9.17) is 0 Å². The second kappa shape index (κ2) is 7.03. The Bertz CT molecular complexity index is 968. The molecule has 1 N–H and O–H groups in total. The normalized spacial score (nSPS) is 11.5. The minimum Gasteiger partial charge on any atom is -0.406 e. The van der Waals surface area contributed by atoms with Gasteiger partial charge in [-0.2, -0.15) is 0 Å². The molecule has 0 radical (unpaired) electrons. The molecule has 1 aromatic carbocycles. The van der Waals surface area contributed by atoms with Gasteiger partial charge in [-0.1, -0.05) is 12.1 Å². The second-order valence-corrected chi connectivity index (χ2v) is 5.42. The first-order valence-electron chi connectivity index (χ1n) is 7.80. The molecular weight excluding hydrogens is 349 g/mol. The largest absolute Gasteiger partial charge is 0.573 e. The lowest BCUT2D eigenvalue weighted by atomic mass is 10.2. The van der Waals surface area contributed by atoms with Crippen LogP contribution in [-0.4, -0.2) is 20.9 Å². The average molecular weight is 364 g/mol. The van der Waals surface area contributed by atoms with E-state index in [0.717, 1.165) is 0 Å². The molecule has 6 nitrogen and oxygen atoms in total. The van der Waals surface area contributed by atoms with E-state index in [2.05, 4.69) is 20.0 Å². The van der Waals surface area contributed by atoms with Crippen LogP contribution in [0.3, 0.4) is 0 Å². The van der Waals surface area contributed by atoms with Crippen LogP contribution in [0.25, 0.3) is 11.0 Å². The van der Waals surface area contributed by atoms with Crippen molar-refractivity contribution < 1.29 is 17.9 Å². The molecule has 0 aliphatic rings. The van der Waals surface area contributed by atoms with E-state index in [-0.39, 0.29) is 23.7 Å². The van der Waals surface area contributed by atoms with Crippen LogP contribution in [-0.2, 0) is 13.1 Å². The van der Waals surface area contributed by atoms with E-state index in [1.807, 2.05) is 6.92 Å². The lowest BCUT2D eigenvalue weighted by Gasteiger charge is -2.12. The number of rotatable bonds is 5. The van der Waals surface area contributed by atoms with Crippen molar-refractivity contribution >= 4 is 16.9 Å². The van der Waals surface area contributed by atoms with Gasteiger partial charge in [-0.25, -0.2) is 4.98 Å². The number of ether oxygens (including phenoxy) is 1. The summed E-state index contributed by atoms with van der Waals surface area (Å²) in [6.45, 7) is 2.54. The summed E-state index contributed by atoms with van der Waals surface area (Å²) in [6, 6.07) is 7.10. The van der Waals surface area contributed by atoms with Gasteiger partial charge in [-0.05, 0) is 30.7 Å². The molecule has 2 heterocycles. The van der Waals surface area contributed by atoms with Crippen molar-refractivity contribution in [3.05, 3.63) is 58.6 Å². The van der Waals surface area contributed by atoms with E-state index in [1.54, 1.807) is 23.0 Å². The Kier molecular flexibility index (Phi) is 4.79. The lowest BCUT2D eigenvalue weighted by Crippen LogP contribution is -2.25. The van der Waals surface area contributed by atoms with Gasteiger partial charge in [-0.15, -0.1) is 13.2 Å². The average Bonchev–Trinajstić information content (AvgIpc) is 2.60. The van der Waals surface area contributed by atoms with Crippen molar-refractivity contribution in [2.24, 2.45) is 0 Å². The number of pyridine rings is 1. The Balaban J connectivity index is 1.79. The standard InChI is InChI=1S/C17H15F3N4O2/c1-2-24-14-10-21-8-7-13(14)23-15(16(24)25)22-9-11-3-5-12(6-4-11)26-17(18,19)20/h3-8,10H,2,9H2,1H3,(H,22,23). The molecule has 0 aliphatic heterocycles. The number of halogens is 3. The van der Waals surface area contributed by atoms with Crippen molar-refractivity contribution in [1.82, 2.24) is 14.5 Å². The van der Waals surface area contributed by atoms with E-state index in [1.165, 1.54) is 24.3 Å². The first-order valence-corrected chi connectivity index (χ1v) is 7.80. The van der Waals surface area contributed by atoms with Gasteiger partial charge in [0.05, 0.1) is 17.2 Å². The third kappa shape index (κ3) is 3.93. The van der Waals surface area contributed by atoms with Crippen molar-refractivity contribution in [3.8, 4) is 5.75 Å². The number of benzene rings is 1. The minimum absolute atomic E-state index is 0.168. The number of anilines is 1. The molecule has 0 unspecified atom stereocenters. The number of nitrogens with zero attached hydrogens (tertiary/aromatic N) is 3. The summed E-state index contributed by atoms with van der Waals surface area (Å²) in [6.07, 6.45) is -1.56. The quantitative estimate of drug-likeness (QED) is 0.752. The Morgan fingerprint density at radius 2 is 1.92 bits per heavy atom. The molecule has 0 atom stereocenters. The Hall–Kier alpha value is -3.10. The number of nitrogens with one attached hydrogen (secondary N) is 1. The van der Waals surface area contributed by atoms with E-state index in [9.17, 15) is 18.0 Å². The Morgan fingerprint density at radius 1 is 1.19 bits per heavy atom. The number of aryl methyl sites for hydroxylation is 1. The first-order chi connectivity index (χ1) is 12.4. The third-order valence-corrected chi connectivity index (χ3v) is 3.68. The summed E-state index contributed by atoms with van der Waals surface area (Å²) >= 11 is 0. The van der Waals surface area contributed by atoms with Crippen molar-refractivity contribution in [2.75, 3.05) is 5.32 Å². The van der Waals surface area contributed by atoms with Gasteiger partial charge in [0.25, 0.3) is 5.56 Å². The fourth-order valence-electron chi connectivity index (χ4n) is 2.51. The zero-order chi connectivity index (χ0) is 18.7. The first kappa shape index (κ1) is 17.7. The SMILES string of the molecule is CCn1c(=O)c(NCc2ccc(OC(F)(F)F)cc2)nc2ccncc21. The van der Waals surface area contributed by atoms with Crippen molar-refractivity contribution in [3.63, 3.8) is 0 Å². The van der Waals surface area contributed by atoms with Crippen LogP contribution in [0.4, 0.5) is 19.0 Å². The van der Waals surface area contributed by atoms with Crippen LogP contribution in [0.5, 0.6) is 5.75 Å². The van der Waals surface area contributed by atoms with Gasteiger partial charge < -0.3 is 14.6 Å². The fraction of sp³-hybridized carbons (Fsp3) is 0.235. The maximum absolute atomic E-state index is 12.5. The maximum Gasteiger partial charge on any atom is 0.573 e. The van der Waals surface area contributed by atoms with Gasteiger partial charge in [-0.3, -0.25) is 9.78 Å². The lowest BCUT2D eigenvalue weighted by molar-refractivity contribution is -0.274.